The second kappa shape index (κ2) is 5.33. The number of rotatable bonds is 2. The zero-order valence-electron chi connectivity index (χ0n) is 11.3. The molecule has 2 atom stereocenters. The number of carbonyl (C=O) groups is 1. The molecule has 1 fully saturated rings. The highest BCUT2D eigenvalue weighted by molar-refractivity contribution is 5.76. The molecule has 1 aliphatic carbocycles. The zero-order chi connectivity index (χ0) is 13.2. The number of amides is 1. The van der Waals surface area contributed by atoms with Crippen LogP contribution in [-0.4, -0.2) is 33.6 Å². The van der Waals surface area contributed by atoms with E-state index < -0.39 is 0 Å². The van der Waals surface area contributed by atoms with Gasteiger partial charge in [0.2, 0.25) is 5.91 Å². The summed E-state index contributed by atoms with van der Waals surface area (Å²) in [5, 5.41) is 7.10. The number of nitrogens with zero attached hydrogens (tertiary/aromatic N) is 2. The smallest absolute Gasteiger partial charge is 0.223 e. The standard InChI is InChI=1S/C14H22N4O/c15-12-4-1-3-10(12)7-14(19)18-6-2-5-13-11(9-18)8-16-17-13/h8,10,12H,1-7,9,15H2,(H,16,17)/t10-,12+/m0/s1. The predicted molar refractivity (Wildman–Crippen MR) is 72.3 cm³/mol. The maximum atomic E-state index is 12.4. The number of aromatic nitrogens is 2. The molecule has 104 valence electrons. The minimum atomic E-state index is 0.223. The molecule has 2 heterocycles. The largest absolute Gasteiger partial charge is 0.338 e. The molecule has 1 amide bonds. The molecule has 1 saturated carbocycles. The van der Waals surface area contributed by atoms with Crippen molar-refractivity contribution in [3.8, 4) is 0 Å². The fourth-order valence-electron chi connectivity index (χ4n) is 3.31. The van der Waals surface area contributed by atoms with Gasteiger partial charge in [-0.2, -0.15) is 5.10 Å². The third-order valence-corrected chi connectivity index (χ3v) is 4.53. The molecular formula is C14H22N4O. The van der Waals surface area contributed by atoms with E-state index in [4.69, 9.17) is 5.73 Å². The molecule has 19 heavy (non-hydrogen) atoms. The average Bonchev–Trinajstić information content (AvgIpc) is 2.94. The van der Waals surface area contributed by atoms with Gasteiger partial charge in [0.25, 0.3) is 0 Å². The molecule has 0 spiro atoms. The monoisotopic (exact) mass is 262 g/mol. The summed E-state index contributed by atoms with van der Waals surface area (Å²) in [4.78, 5) is 14.4. The Bertz CT molecular complexity index is 456. The molecule has 0 unspecified atom stereocenters. The lowest BCUT2D eigenvalue weighted by atomic mass is 9.99. The Labute approximate surface area is 113 Å². The second-order valence-electron chi connectivity index (χ2n) is 5.85. The molecule has 0 saturated heterocycles. The number of H-pyrrole nitrogens is 1. The first-order valence-electron chi connectivity index (χ1n) is 7.28. The van der Waals surface area contributed by atoms with Gasteiger partial charge in [-0.15, -0.1) is 0 Å². The van der Waals surface area contributed by atoms with Crippen LogP contribution in [0.5, 0.6) is 0 Å². The minimum absolute atomic E-state index is 0.223. The van der Waals surface area contributed by atoms with E-state index in [-0.39, 0.29) is 11.9 Å². The highest BCUT2D eigenvalue weighted by Crippen LogP contribution is 2.28. The molecule has 0 aromatic carbocycles. The maximum absolute atomic E-state index is 12.4. The summed E-state index contributed by atoms with van der Waals surface area (Å²) < 4.78 is 0. The molecule has 2 aliphatic rings. The number of carbonyl (C=O) groups excluding carboxylic acids is 1. The van der Waals surface area contributed by atoms with Gasteiger partial charge < -0.3 is 10.6 Å². The van der Waals surface area contributed by atoms with Crippen LogP contribution >= 0.6 is 0 Å². The molecule has 5 nitrogen and oxygen atoms in total. The molecule has 1 aromatic heterocycles. The number of hydrogen-bond acceptors (Lipinski definition) is 3. The van der Waals surface area contributed by atoms with Crippen LogP contribution in [0, 0.1) is 5.92 Å². The zero-order valence-corrected chi connectivity index (χ0v) is 11.3. The Morgan fingerprint density at radius 1 is 1.47 bits per heavy atom. The number of aromatic amines is 1. The van der Waals surface area contributed by atoms with E-state index in [0.29, 0.717) is 18.9 Å². The lowest BCUT2D eigenvalue weighted by Gasteiger charge is -2.23. The number of nitrogens with one attached hydrogen (secondary N) is 1. The van der Waals surface area contributed by atoms with E-state index in [1.807, 2.05) is 11.1 Å². The van der Waals surface area contributed by atoms with Gasteiger partial charge in [0, 0.05) is 36.8 Å². The summed E-state index contributed by atoms with van der Waals surface area (Å²) in [7, 11) is 0. The van der Waals surface area contributed by atoms with Crippen LogP contribution in [0.15, 0.2) is 6.20 Å². The van der Waals surface area contributed by atoms with Crippen LogP contribution in [0.3, 0.4) is 0 Å². The van der Waals surface area contributed by atoms with Crippen molar-refractivity contribution in [3.05, 3.63) is 17.5 Å². The summed E-state index contributed by atoms with van der Waals surface area (Å²) in [6.07, 6.45) is 7.82. The summed E-state index contributed by atoms with van der Waals surface area (Å²) in [6.45, 7) is 1.55. The summed E-state index contributed by atoms with van der Waals surface area (Å²) in [6, 6.07) is 0.223. The first-order valence-corrected chi connectivity index (χ1v) is 7.28. The molecule has 0 bridgehead atoms. The minimum Gasteiger partial charge on any atom is -0.338 e. The fraction of sp³-hybridized carbons (Fsp3) is 0.714. The van der Waals surface area contributed by atoms with Crippen molar-refractivity contribution in [3.63, 3.8) is 0 Å². The SMILES string of the molecule is N[C@@H]1CCC[C@H]1CC(=O)N1CCCc2[nH]ncc2C1. The second-order valence-corrected chi connectivity index (χ2v) is 5.85. The third-order valence-electron chi connectivity index (χ3n) is 4.53. The van der Waals surface area contributed by atoms with Gasteiger partial charge in [0.1, 0.15) is 0 Å². The van der Waals surface area contributed by atoms with E-state index in [1.165, 1.54) is 17.7 Å². The van der Waals surface area contributed by atoms with Gasteiger partial charge in [-0.3, -0.25) is 9.89 Å². The highest BCUT2D eigenvalue weighted by atomic mass is 16.2. The van der Waals surface area contributed by atoms with Crippen LogP contribution in [0.1, 0.15) is 43.4 Å². The number of fused-ring (bicyclic) bond motifs is 1. The van der Waals surface area contributed by atoms with E-state index in [2.05, 4.69) is 10.2 Å². The Hall–Kier alpha value is -1.36. The number of aryl methyl sites for hydroxylation is 1. The van der Waals surface area contributed by atoms with Crippen LogP contribution in [0.4, 0.5) is 0 Å². The quantitative estimate of drug-likeness (QED) is 0.841. The van der Waals surface area contributed by atoms with Gasteiger partial charge in [0.15, 0.2) is 0 Å². The number of nitrogens with two attached hydrogens (primary N) is 1. The lowest BCUT2D eigenvalue weighted by molar-refractivity contribution is -0.132. The molecule has 1 aromatic rings. The van der Waals surface area contributed by atoms with Gasteiger partial charge in [-0.1, -0.05) is 6.42 Å². The van der Waals surface area contributed by atoms with Crippen LogP contribution in [0.25, 0.3) is 0 Å². The normalized spacial score (nSPS) is 27.1. The Balaban J connectivity index is 1.63. The first kappa shape index (κ1) is 12.7. The van der Waals surface area contributed by atoms with Gasteiger partial charge in [-0.05, 0) is 31.6 Å². The van der Waals surface area contributed by atoms with Crippen molar-refractivity contribution in [2.24, 2.45) is 11.7 Å². The third kappa shape index (κ3) is 2.66. The van der Waals surface area contributed by atoms with Gasteiger partial charge >= 0.3 is 0 Å². The van der Waals surface area contributed by atoms with Crippen LogP contribution in [-0.2, 0) is 17.8 Å². The molecule has 3 rings (SSSR count). The van der Waals surface area contributed by atoms with E-state index >= 15 is 0 Å². The molecular weight excluding hydrogens is 240 g/mol. The van der Waals surface area contributed by atoms with Crippen LogP contribution in [0.2, 0.25) is 0 Å². The number of hydrogen-bond donors (Lipinski definition) is 2. The predicted octanol–water partition coefficient (Wildman–Crippen LogP) is 1.20. The van der Waals surface area contributed by atoms with Gasteiger partial charge in [0.05, 0.1) is 6.20 Å². The average molecular weight is 262 g/mol. The highest BCUT2D eigenvalue weighted by Gasteiger charge is 2.28. The van der Waals surface area contributed by atoms with Crippen molar-refractivity contribution in [1.82, 2.24) is 15.1 Å². The molecule has 1 aliphatic heterocycles. The van der Waals surface area contributed by atoms with Crippen molar-refractivity contribution in [2.75, 3.05) is 6.54 Å². The maximum Gasteiger partial charge on any atom is 0.223 e. The molecule has 0 radical (unpaired) electrons. The van der Waals surface area contributed by atoms with Crippen molar-refractivity contribution in [1.29, 1.82) is 0 Å². The fourth-order valence-corrected chi connectivity index (χ4v) is 3.31. The lowest BCUT2D eigenvalue weighted by Crippen LogP contribution is -2.35. The Kier molecular flexibility index (Phi) is 3.55. The summed E-state index contributed by atoms with van der Waals surface area (Å²) in [5.41, 5.74) is 8.42. The van der Waals surface area contributed by atoms with E-state index in [1.54, 1.807) is 0 Å². The summed E-state index contributed by atoms with van der Waals surface area (Å²) >= 11 is 0. The van der Waals surface area contributed by atoms with E-state index in [9.17, 15) is 4.79 Å². The van der Waals surface area contributed by atoms with Crippen molar-refractivity contribution < 1.29 is 4.79 Å². The first-order chi connectivity index (χ1) is 9.24. The topological polar surface area (TPSA) is 75.0 Å². The van der Waals surface area contributed by atoms with E-state index in [0.717, 1.165) is 32.2 Å². The molecule has 3 N–H and O–H groups in total. The van der Waals surface area contributed by atoms with Crippen LogP contribution < -0.4 is 5.73 Å². The van der Waals surface area contributed by atoms with Crippen molar-refractivity contribution in [2.45, 2.75) is 51.1 Å². The van der Waals surface area contributed by atoms with Gasteiger partial charge in [-0.25, -0.2) is 0 Å². The molecule has 5 heteroatoms. The Morgan fingerprint density at radius 2 is 2.37 bits per heavy atom. The summed E-state index contributed by atoms with van der Waals surface area (Å²) in [5.74, 6) is 0.649. The van der Waals surface area contributed by atoms with Crippen molar-refractivity contribution >= 4 is 5.91 Å². The Morgan fingerprint density at radius 3 is 3.16 bits per heavy atom.